The zero-order chi connectivity index (χ0) is 13.1. The van der Waals surface area contributed by atoms with Crippen LogP contribution in [0.3, 0.4) is 0 Å². The van der Waals surface area contributed by atoms with E-state index >= 15 is 0 Å². The van der Waals surface area contributed by atoms with Crippen molar-refractivity contribution in [3.8, 4) is 0 Å². The molecule has 1 aromatic carbocycles. The number of aromatic carboxylic acids is 1. The van der Waals surface area contributed by atoms with Crippen LogP contribution in [0.15, 0.2) is 30.5 Å². The molecule has 6 heteroatoms. The molecule has 0 aliphatic rings. The number of benzene rings is 1. The van der Waals surface area contributed by atoms with E-state index in [1.807, 2.05) is 13.1 Å². The molecule has 0 aliphatic carbocycles. The van der Waals surface area contributed by atoms with Crippen molar-refractivity contribution in [3.63, 3.8) is 0 Å². The fourth-order valence-electron chi connectivity index (χ4n) is 1.65. The fourth-order valence-corrected chi connectivity index (χ4v) is 1.65. The molecular weight excluding hydrogens is 232 g/mol. The van der Waals surface area contributed by atoms with Crippen LogP contribution in [-0.2, 0) is 13.6 Å². The van der Waals surface area contributed by atoms with Crippen molar-refractivity contribution in [1.82, 2.24) is 9.78 Å². The molecular formula is C12H14N4O2. The van der Waals surface area contributed by atoms with Gasteiger partial charge in [-0.15, -0.1) is 0 Å². The van der Waals surface area contributed by atoms with Gasteiger partial charge < -0.3 is 16.2 Å². The average Bonchev–Trinajstić information content (AvgIpc) is 2.73. The van der Waals surface area contributed by atoms with Gasteiger partial charge in [-0.1, -0.05) is 0 Å². The molecule has 0 atom stereocenters. The SMILES string of the molecule is Cn1nccc1CNc1ccc(N)cc1C(=O)O. The fraction of sp³-hybridized carbons (Fsp3) is 0.167. The van der Waals surface area contributed by atoms with E-state index in [4.69, 9.17) is 10.8 Å². The van der Waals surface area contributed by atoms with Crippen LogP contribution in [0.2, 0.25) is 0 Å². The van der Waals surface area contributed by atoms with Gasteiger partial charge in [-0.2, -0.15) is 5.10 Å². The zero-order valence-electron chi connectivity index (χ0n) is 9.92. The summed E-state index contributed by atoms with van der Waals surface area (Å²) in [5.41, 5.74) is 7.67. The smallest absolute Gasteiger partial charge is 0.337 e. The molecule has 1 heterocycles. The lowest BCUT2D eigenvalue weighted by Gasteiger charge is -2.10. The zero-order valence-corrected chi connectivity index (χ0v) is 9.92. The van der Waals surface area contributed by atoms with E-state index in [0.29, 0.717) is 17.9 Å². The van der Waals surface area contributed by atoms with Crippen molar-refractivity contribution in [2.75, 3.05) is 11.1 Å². The van der Waals surface area contributed by atoms with E-state index in [9.17, 15) is 4.79 Å². The van der Waals surface area contributed by atoms with Gasteiger partial charge in [0.15, 0.2) is 0 Å². The Balaban J connectivity index is 2.19. The number of nitrogens with one attached hydrogen (secondary N) is 1. The van der Waals surface area contributed by atoms with Crippen LogP contribution in [0.1, 0.15) is 16.1 Å². The number of nitrogens with two attached hydrogens (primary N) is 1. The Hall–Kier alpha value is -2.50. The van der Waals surface area contributed by atoms with Crippen molar-refractivity contribution >= 4 is 17.3 Å². The largest absolute Gasteiger partial charge is 0.478 e. The van der Waals surface area contributed by atoms with Crippen molar-refractivity contribution in [3.05, 3.63) is 41.7 Å². The van der Waals surface area contributed by atoms with E-state index in [0.717, 1.165) is 5.69 Å². The third-order valence-electron chi connectivity index (χ3n) is 2.66. The summed E-state index contributed by atoms with van der Waals surface area (Å²) in [6.45, 7) is 0.501. The minimum absolute atomic E-state index is 0.164. The summed E-state index contributed by atoms with van der Waals surface area (Å²) in [7, 11) is 1.83. The first-order valence-electron chi connectivity index (χ1n) is 5.41. The minimum Gasteiger partial charge on any atom is -0.478 e. The highest BCUT2D eigenvalue weighted by atomic mass is 16.4. The molecule has 0 radical (unpaired) electrons. The Morgan fingerprint density at radius 1 is 1.50 bits per heavy atom. The monoisotopic (exact) mass is 246 g/mol. The number of aryl methyl sites for hydroxylation is 1. The molecule has 2 aromatic rings. The second kappa shape index (κ2) is 4.79. The molecule has 2 rings (SSSR count). The minimum atomic E-state index is -1.00. The quantitative estimate of drug-likeness (QED) is 0.707. The van der Waals surface area contributed by atoms with Gasteiger partial charge in [0.25, 0.3) is 0 Å². The number of carbonyl (C=O) groups is 1. The van der Waals surface area contributed by atoms with Crippen molar-refractivity contribution in [1.29, 1.82) is 0 Å². The Bertz CT molecular complexity index is 577. The first-order valence-corrected chi connectivity index (χ1v) is 5.41. The Morgan fingerprint density at radius 3 is 2.89 bits per heavy atom. The maximum absolute atomic E-state index is 11.1. The number of nitrogens with zero attached hydrogens (tertiary/aromatic N) is 2. The van der Waals surface area contributed by atoms with Crippen LogP contribution in [0, 0.1) is 0 Å². The predicted octanol–water partition coefficient (Wildman–Crippen LogP) is 1.31. The average molecular weight is 246 g/mol. The summed E-state index contributed by atoms with van der Waals surface area (Å²) in [6.07, 6.45) is 1.69. The van der Waals surface area contributed by atoms with E-state index in [2.05, 4.69) is 10.4 Å². The topological polar surface area (TPSA) is 93.2 Å². The molecule has 0 spiro atoms. The predicted molar refractivity (Wildman–Crippen MR) is 68.3 cm³/mol. The number of aromatic nitrogens is 2. The molecule has 4 N–H and O–H groups in total. The molecule has 18 heavy (non-hydrogen) atoms. The summed E-state index contributed by atoms with van der Waals surface area (Å²) in [4.78, 5) is 11.1. The number of carboxylic acid groups (broad SMARTS) is 1. The summed E-state index contributed by atoms with van der Waals surface area (Å²) in [5.74, 6) is -1.00. The highest BCUT2D eigenvalue weighted by Gasteiger charge is 2.10. The van der Waals surface area contributed by atoms with E-state index < -0.39 is 5.97 Å². The van der Waals surface area contributed by atoms with Crippen molar-refractivity contribution < 1.29 is 9.90 Å². The van der Waals surface area contributed by atoms with Gasteiger partial charge >= 0.3 is 5.97 Å². The van der Waals surface area contributed by atoms with Crippen molar-refractivity contribution in [2.45, 2.75) is 6.54 Å². The van der Waals surface area contributed by atoms with Gasteiger partial charge in [0.1, 0.15) is 0 Å². The van der Waals surface area contributed by atoms with Gasteiger partial charge in [0, 0.05) is 24.6 Å². The van der Waals surface area contributed by atoms with Crippen LogP contribution < -0.4 is 11.1 Å². The third kappa shape index (κ3) is 2.42. The number of anilines is 2. The highest BCUT2D eigenvalue weighted by Crippen LogP contribution is 2.19. The van der Waals surface area contributed by atoms with Gasteiger partial charge in [-0.3, -0.25) is 4.68 Å². The Kier molecular flexibility index (Phi) is 3.18. The van der Waals surface area contributed by atoms with E-state index in [-0.39, 0.29) is 5.56 Å². The standard InChI is InChI=1S/C12H14N4O2/c1-16-9(4-5-15-16)7-14-11-3-2-8(13)6-10(11)12(17)18/h2-6,14H,7,13H2,1H3,(H,17,18). The maximum atomic E-state index is 11.1. The molecule has 1 aromatic heterocycles. The summed E-state index contributed by atoms with van der Waals surface area (Å²) in [6, 6.07) is 6.63. The van der Waals surface area contributed by atoms with Gasteiger partial charge in [-0.25, -0.2) is 4.79 Å². The van der Waals surface area contributed by atoms with Crippen LogP contribution in [0.25, 0.3) is 0 Å². The Morgan fingerprint density at radius 2 is 2.28 bits per heavy atom. The normalized spacial score (nSPS) is 10.3. The second-order valence-electron chi connectivity index (χ2n) is 3.91. The number of hydrogen-bond acceptors (Lipinski definition) is 4. The number of hydrogen-bond donors (Lipinski definition) is 3. The molecule has 0 fully saturated rings. The highest BCUT2D eigenvalue weighted by molar-refractivity contribution is 5.95. The van der Waals surface area contributed by atoms with Gasteiger partial charge in [-0.05, 0) is 24.3 Å². The lowest BCUT2D eigenvalue weighted by molar-refractivity contribution is 0.0698. The molecule has 6 nitrogen and oxygen atoms in total. The molecule has 0 saturated carbocycles. The van der Waals surface area contributed by atoms with E-state index in [1.165, 1.54) is 6.07 Å². The molecule has 0 aliphatic heterocycles. The maximum Gasteiger partial charge on any atom is 0.337 e. The number of carboxylic acids is 1. The first-order chi connectivity index (χ1) is 8.58. The van der Waals surface area contributed by atoms with Gasteiger partial charge in [0.05, 0.1) is 17.8 Å². The third-order valence-corrected chi connectivity index (χ3v) is 2.66. The van der Waals surface area contributed by atoms with Crippen LogP contribution >= 0.6 is 0 Å². The summed E-state index contributed by atoms with van der Waals surface area (Å²) < 4.78 is 1.73. The molecule has 0 saturated heterocycles. The summed E-state index contributed by atoms with van der Waals surface area (Å²) >= 11 is 0. The molecule has 0 unspecified atom stereocenters. The van der Waals surface area contributed by atoms with Crippen LogP contribution in [-0.4, -0.2) is 20.9 Å². The number of rotatable bonds is 4. The second-order valence-corrected chi connectivity index (χ2v) is 3.91. The first kappa shape index (κ1) is 12.0. The lowest BCUT2D eigenvalue weighted by atomic mass is 10.1. The van der Waals surface area contributed by atoms with Crippen LogP contribution in [0.4, 0.5) is 11.4 Å². The number of nitrogen functional groups attached to an aromatic ring is 1. The summed E-state index contributed by atoms with van der Waals surface area (Å²) in [5, 5.41) is 16.2. The molecule has 94 valence electrons. The van der Waals surface area contributed by atoms with E-state index in [1.54, 1.807) is 23.0 Å². The lowest BCUT2D eigenvalue weighted by Crippen LogP contribution is -2.09. The van der Waals surface area contributed by atoms with Crippen molar-refractivity contribution in [2.24, 2.45) is 7.05 Å². The molecule has 0 bridgehead atoms. The van der Waals surface area contributed by atoms with Gasteiger partial charge in [0.2, 0.25) is 0 Å². The Labute approximate surface area is 104 Å². The van der Waals surface area contributed by atoms with Crippen LogP contribution in [0.5, 0.6) is 0 Å². The molecule has 0 amide bonds.